The van der Waals surface area contributed by atoms with E-state index in [1.54, 1.807) is 6.92 Å². The van der Waals surface area contributed by atoms with Crippen molar-refractivity contribution in [3.63, 3.8) is 0 Å². The summed E-state index contributed by atoms with van der Waals surface area (Å²) in [5, 5.41) is 5.90. The van der Waals surface area contributed by atoms with Crippen molar-refractivity contribution in [3.05, 3.63) is 54.6 Å². The Morgan fingerprint density at radius 2 is 1.75 bits per heavy atom. The summed E-state index contributed by atoms with van der Waals surface area (Å²) < 4.78 is 10.7. The highest BCUT2D eigenvalue weighted by Gasteiger charge is 2.28. The van der Waals surface area contributed by atoms with E-state index >= 15 is 0 Å². The zero-order valence-electron chi connectivity index (χ0n) is 18.6. The molecule has 1 aliphatic carbocycles. The van der Waals surface area contributed by atoms with Crippen molar-refractivity contribution < 1.29 is 23.9 Å². The van der Waals surface area contributed by atoms with Crippen molar-refractivity contribution in [1.29, 1.82) is 0 Å². The summed E-state index contributed by atoms with van der Waals surface area (Å²) in [6.45, 7) is 5.04. The standard InChI is InChI=1S/C26H31NO5/c1-18(2)26(30)31-17-16-20(28)14-15-25(29)32-24-13-6-5-11-23(24)27-22-12-7-9-19-8-3-4-10-21(19)22/h3-4,7-10,12,23-24,27H,1,5-6,11,13-17H2,2H3. The summed E-state index contributed by atoms with van der Waals surface area (Å²) in [5.41, 5.74) is 1.33. The van der Waals surface area contributed by atoms with Gasteiger partial charge in [-0.1, -0.05) is 49.4 Å². The third-order valence-corrected chi connectivity index (χ3v) is 5.69. The lowest BCUT2D eigenvalue weighted by atomic mass is 9.91. The molecule has 6 heteroatoms. The van der Waals surface area contributed by atoms with Gasteiger partial charge in [0.05, 0.1) is 19.1 Å². The number of carbonyl (C=O) groups is 3. The highest BCUT2D eigenvalue weighted by Crippen LogP contribution is 2.29. The Bertz CT molecular complexity index is 978. The summed E-state index contributed by atoms with van der Waals surface area (Å²) >= 11 is 0. The molecule has 0 spiro atoms. The van der Waals surface area contributed by atoms with Gasteiger partial charge in [-0.2, -0.15) is 0 Å². The normalized spacial score (nSPS) is 18.0. The van der Waals surface area contributed by atoms with Crippen LogP contribution >= 0.6 is 0 Å². The summed E-state index contributed by atoms with van der Waals surface area (Å²) in [6, 6.07) is 14.4. The number of nitrogens with one attached hydrogen (secondary N) is 1. The first-order valence-electron chi connectivity index (χ1n) is 11.2. The molecule has 2 atom stereocenters. The molecular formula is C26H31NO5. The fourth-order valence-electron chi connectivity index (χ4n) is 3.93. The van der Waals surface area contributed by atoms with Gasteiger partial charge in [0, 0.05) is 29.5 Å². The second-order valence-electron chi connectivity index (χ2n) is 8.30. The monoisotopic (exact) mass is 437 g/mol. The Hall–Kier alpha value is -3.15. The number of rotatable bonds is 10. The first-order valence-corrected chi connectivity index (χ1v) is 11.2. The minimum Gasteiger partial charge on any atom is -0.462 e. The van der Waals surface area contributed by atoms with Gasteiger partial charge in [0.2, 0.25) is 0 Å². The summed E-state index contributed by atoms with van der Waals surface area (Å²) in [6.07, 6.45) is 3.80. The fraction of sp³-hybridized carbons (Fsp3) is 0.423. The van der Waals surface area contributed by atoms with Gasteiger partial charge in [-0.3, -0.25) is 9.59 Å². The first-order chi connectivity index (χ1) is 15.4. The molecule has 0 bridgehead atoms. The van der Waals surface area contributed by atoms with Crippen LogP contribution in [-0.2, 0) is 23.9 Å². The van der Waals surface area contributed by atoms with Gasteiger partial charge < -0.3 is 14.8 Å². The second kappa shape index (κ2) is 11.5. The molecule has 2 aromatic carbocycles. The second-order valence-corrected chi connectivity index (χ2v) is 8.30. The van der Waals surface area contributed by atoms with E-state index in [9.17, 15) is 14.4 Å². The van der Waals surface area contributed by atoms with E-state index in [0.29, 0.717) is 5.57 Å². The largest absolute Gasteiger partial charge is 0.462 e. The molecule has 0 saturated heterocycles. The van der Waals surface area contributed by atoms with Crippen LogP contribution in [0.4, 0.5) is 5.69 Å². The van der Waals surface area contributed by atoms with Crippen LogP contribution in [0, 0.1) is 0 Å². The number of hydrogen-bond donors (Lipinski definition) is 1. The number of carbonyl (C=O) groups excluding carboxylic acids is 3. The number of fused-ring (bicyclic) bond motifs is 1. The van der Waals surface area contributed by atoms with Gasteiger partial charge in [-0.15, -0.1) is 0 Å². The van der Waals surface area contributed by atoms with Crippen LogP contribution in [0.3, 0.4) is 0 Å². The predicted molar refractivity (Wildman–Crippen MR) is 124 cm³/mol. The fourth-order valence-corrected chi connectivity index (χ4v) is 3.93. The minimum absolute atomic E-state index is 0.000768. The van der Waals surface area contributed by atoms with Gasteiger partial charge in [-0.05, 0) is 37.6 Å². The highest BCUT2D eigenvalue weighted by atomic mass is 16.5. The van der Waals surface area contributed by atoms with E-state index in [1.807, 2.05) is 18.2 Å². The Labute approximate surface area is 189 Å². The van der Waals surface area contributed by atoms with Crippen molar-refractivity contribution >= 4 is 34.2 Å². The van der Waals surface area contributed by atoms with Crippen LogP contribution in [0.5, 0.6) is 0 Å². The van der Waals surface area contributed by atoms with Gasteiger partial charge in [0.25, 0.3) is 0 Å². The van der Waals surface area contributed by atoms with E-state index < -0.39 is 5.97 Å². The molecule has 170 valence electrons. The average Bonchev–Trinajstić information content (AvgIpc) is 2.79. The van der Waals surface area contributed by atoms with Crippen LogP contribution in [0.15, 0.2) is 54.6 Å². The Morgan fingerprint density at radius 1 is 1.00 bits per heavy atom. The van der Waals surface area contributed by atoms with Crippen molar-refractivity contribution in [1.82, 2.24) is 0 Å². The maximum atomic E-state index is 12.4. The summed E-state index contributed by atoms with van der Waals surface area (Å²) in [4.78, 5) is 35.7. The highest BCUT2D eigenvalue weighted by molar-refractivity contribution is 5.94. The predicted octanol–water partition coefficient (Wildman–Crippen LogP) is 4.96. The molecule has 0 aromatic heterocycles. The number of benzene rings is 2. The van der Waals surface area contributed by atoms with E-state index in [2.05, 4.69) is 36.2 Å². The van der Waals surface area contributed by atoms with Crippen molar-refractivity contribution in [2.45, 2.75) is 64.0 Å². The van der Waals surface area contributed by atoms with Crippen LogP contribution in [0.25, 0.3) is 10.8 Å². The van der Waals surface area contributed by atoms with Crippen molar-refractivity contribution in [2.24, 2.45) is 0 Å². The lowest BCUT2D eigenvalue weighted by Crippen LogP contribution is -2.39. The first kappa shape index (κ1) is 23.5. The maximum Gasteiger partial charge on any atom is 0.333 e. The topological polar surface area (TPSA) is 81.7 Å². The summed E-state index contributed by atoms with van der Waals surface area (Å²) in [7, 11) is 0. The minimum atomic E-state index is -0.515. The average molecular weight is 438 g/mol. The number of ether oxygens (including phenoxy) is 2. The molecule has 0 amide bonds. The summed E-state index contributed by atoms with van der Waals surface area (Å²) in [5.74, 6) is -1.02. The zero-order chi connectivity index (χ0) is 22.9. The molecule has 1 aliphatic rings. The molecule has 3 rings (SSSR count). The van der Waals surface area contributed by atoms with Crippen LogP contribution < -0.4 is 5.32 Å². The van der Waals surface area contributed by atoms with Gasteiger partial charge in [-0.25, -0.2) is 4.79 Å². The van der Waals surface area contributed by atoms with Gasteiger partial charge >= 0.3 is 11.9 Å². The molecule has 1 N–H and O–H groups in total. The van der Waals surface area contributed by atoms with Gasteiger partial charge in [0.1, 0.15) is 11.9 Å². The number of anilines is 1. The zero-order valence-corrected chi connectivity index (χ0v) is 18.6. The van der Waals surface area contributed by atoms with Crippen molar-refractivity contribution in [2.75, 3.05) is 11.9 Å². The number of hydrogen-bond acceptors (Lipinski definition) is 6. The molecular weight excluding hydrogens is 406 g/mol. The van der Waals surface area contributed by atoms with E-state index in [0.717, 1.165) is 42.1 Å². The maximum absolute atomic E-state index is 12.4. The lowest BCUT2D eigenvalue weighted by Gasteiger charge is -2.32. The molecule has 2 aromatic rings. The van der Waals surface area contributed by atoms with Crippen LogP contribution in [-0.4, -0.2) is 36.5 Å². The Balaban J connectivity index is 1.49. The number of esters is 2. The molecule has 6 nitrogen and oxygen atoms in total. The van der Waals surface area contributed by atoms with E-state index in [1.165, 1.54) is 0 Å². The molecule has 32 heavy (non-hydrogen) atoms. The number of Topliss-reactive ketones (excluding diaryl/α,β-unsaturated/α-hetero) is 1. The molecule has 0 heterocycles. The van der Waals surface area contributed by atoms with Crippen LogP contribution in [0.2, 0.25) is 0 Å². The lowest BCUT2D eigenvalue weighted by molar-refractivity contribution is -0.152. The SMILES string of the molecule is C=C(C)C(=O)OCCC(=O)CCC(=O)OC1CCCCC1Nc1cccc2ccccc12. The molecule has 2 unspecified atom stereocenters. The van der Waals surface area contributed by atoms with Crippen molar-refractivity contribution in [3.8, 4) is 0 Å². The Morgan fingerprint density at radius 3 is 2.56 bits per heavy atom. The van der Waals surface area contributed by atoms with E-state index in [-0.39, 0.29) is 49.8 Å². The Kier molecular flexibility index (Phi) is 8.42. The van der Waals surface area contributed by atoms with E-state index in [4.69, 9.17) is 9.47 Å². The smallest absolute Gasteiger partial charge is 0.333 e. The number of ketones is 1. The third-order valence-electron chi connectivity index (χ3n) is 5.69. The molecule has 0 radical (unpaired) electrons. The van der Waals surface area contributed by atoms with Crippen LogP contribution in [0.1, 0.15) is 51.9 Å². The third kappa shape index (κ3) is 6.67. The molecule has 1 saturated carbocycles. The quantitative estimate of drug-likeness (QED) is 0.418. The molecule has 1 fully saturated rings. The van der Waals surface area contributed by atoms with Gasteiger partial charge in [0.15, 0.2) is 0 Å². The molecule has 0 aliphatic heterocycles.